The van der Waals surface area contributed by atoms with Gasteiger partial charge in [0.25, 0.3) is 0 Å². The first kappa shape index (κ1) is 14.9. The van der Waals surface area contributed by atoms with Gasteiger partial charge in [-0.2, -0.15) is 0 Å². The van der Waals surface area contributed by atoms with E-state index < -0.39 is 0 Å². The van der Waals surface area contributed by atoms with Crippen LogP contribution in [0.5, 0.6) is 0 Å². The van der Waals surface area contributed by atoms with E-state index in [9.17, 15) is 4.79 Å². The van der Waals surface area contributed by atoms with Crippen LogP contribution in [-0.2, 0) is 24.3 Å². The molecule has 0 bridgehead atoms. The summed E-state index contributed by atoms with van der Waals surface area (Å²) in [6.07, 6.45) is 1.64. The highest BCUT2D eigenvalue weighted by molar-refractivity contribution is 6.30. The summed E-state index contributed by atoms with van der Waals surface area (Å²) in [5, 5.41) is 0.707. The van der Waals surface area contributed by atoms with Crippen LogP contribution in [0.2, 0.25) is 5.02 Å². The fraction of sp³-hybridized carbons (Fsp3) is 0.278. The lowest BCUT2D eigenvalue weighted by molar-refractivity contribution is 0.0942. The highest BCUT2D eigenvalue weighted by Gasteiger charge is 2.20. The number of benzene rings is 2. The number of nitrogens with zero attached hydrogens (tertiary/aromatic N) is 1. The van der Waals surface area contributed by atoms with Gasteiger partial charge in [0, 0.05) is 18.1 Å². The normalized spacial score (nSPS) is 14.1. The lowest BCUT2D eigenvalue weighted by Gasteiger charge is -2.20. The molecule has 1 aliphatic heterocycles. The summed E-state index contributed by atoms with van der Waals surface area (Å²) in [5.74, 6) is 0. The van der Waals surface area contributed by atoms with Gasteiger partial charge in [-0.05, 0) is 41.7 Å². The molecule has 0 saturated heterocycles. The standard InChI is InChI=1S/C18H18ClNO2/c19-17-9-8-15-7-4-10-20(12-16(15)11-17)18(21)22-13-14-5-2-1-3-6-14/h1-3,5-6,8-9,11H,4,7,10,12-13H2. The van der Waals surface area contributed by atoms with Crippen LogP contribution in [0.1, 0.15) is 23.1 Å². The van der Waals surface area contributed by atoms with E-state index >= 15 is 0 Å². The molecule has 0 fully saturated rings. The molecule has 0 aliphatic carbocycles. The van der Waals surface area contributed by atoms with Crippen molar-refractivity contribution in [1.29, 1.82) is 0 Å². The van der Waals surface area contributed by atoms with E-state index in [1.165, 1.54) is 5.56 Å². The zero-order valence-electron chi connectivity index (χ0n) is 12.3. The van der Waals surface area contributed by atoms with Gasteiger partial charge in [-0.3, -0.25) is 0 Å². The zero-order chi connectivity index (χ0) is 15.4. The maximum Gasteiger partial charge on any atom is 0.410 e. The first-order valence-corrected chi connectivity index (χ1v) is 7.83. The number of amides is 1. The van der Waals surface area contributed by atoms with Crippen LogP contribution in [0, 0.1) is 0 Å². The van der Waals surface area contributed by atoms with E-state index in [1.807, 2.05) is 42.5 Å². The number of carbonyl (C=O) groups excluding carboxylic acids is 1. The van der Waals surface area contributed by atoms with Crippen LogP contribution < -0.4 is 0 Å². The first-order valence-electron chi connectivity index (χ1n) is 7.45. The minimum atomic E-state index is -0.267. The van der Waals surface area contributed by atoms with Crippen LogP contribution in [0.4, 0.5) is 4.79 Å². The van der Waals surface area contributed by atoms with E-state index in [0.29, 0.717) is 24.7 Å². The van der Waals surface area contributed by atoms with Crippen LogP contribution in [0.25, 0.3) is 0 Å². The molecule has 114 valence electrons. The largest absolute Gasteiger partial charge is 0.445 e. The van der Waals surface area contributed by atoms with Crippen molar-refractivity contribution in [3.05, 3.63) is 70.2 Å². The van der Waals surface area contributed by atoms with Crippen molar-refractivity contribution in [2.45, 2.75) is 26.0 Å². The molecule has 0 spiro atoms. The molecular weight excluding hydrogens is 298 g/mol. The third-order valence-corrected chi connectivity index (χ3v) is 4.10. The van der Waals surface area contributed by atoms with Crippen LogP contribution in [0.3, 0.4) is 0 Å². The summed E-state index contributed by atoms with van der Waals surface area (Å²) in [6, 6.07) is 15.6. The van der Waals surface area contributed by atoms with Crippen LogP contribution >= 0.6 is 11.6 Å². The smallest absolute Gasteiger partial charge is 0.410 e. The quantitative estimate of drug-likeness (QED) is 0.820. The second-order valence-electron chi connectivity index (χ2n) is 5.48. The second kappa shape index (κ2) is 6.84. The minimum Gasteiger partial charge on any atom is -0.445 e. The van der Waals surface area contributed by atoms with Crippen LogP contribution in [0.15, 0.2) is 48.5 Å². The monoisotopic (exact) mass is 315 g/mol. The summed E-state index contributed by atoms with van der Waals surface area (Å²) < 4.78 is 5.42. The van der Waals surface area contributed by atoms with Gasteiger partial charge in [0.2, 0.25) is 0 Å². The molecule has 0 atom stereocenters. The van der Waals surface area contributed by atoms with Crippen molar-refractivity contribution in [3.63, 3.8) is 0 Å². The minimum absolute atomic E-state index is 0.267. The molecule has 4 heteroatoms. The lowest BCUT2D eigenvalue weighted by atomic mass is 10.0. The summed E-state index contributed by atoms with van der Waals surface area (Å²) in [7, 11) is 0. The fourth-order valence-corrected chi connectivity index (χ4v) is 2.89. The van der Waals surface area contributed by atoms with Crippen molar-refractivity contribution in [2.75, 3.05) is 6.54 Å². The molecule has 0 aromatic heterocycles. The zero-order valence-corrected chi connectivity index (χ0v) is 13.1. The molecule has 1 amide bonds. The summed E-state index contributed by atoms with van der Waals surface area (Å²) in [5.41, 5.74) is 3.37. The number of hydrogen-bond acceptors (Lipinski definition) is 2. The maximum absolute atomic E-state index is 12.3. The summed E-state index contributed by atoms with van der Waals surface area (Å²) >= 11 is 6.06. The number of hydrogen-bond donors (Lipinski definition) is 0. The number of halogens is 1. The molecule has 1 heterocycles. The molecule has 1 aliphatic rings. The third kappa shape index (κ3) is 3.60. The van der Waals surface area contributed by atoms with Crippen molar-refractivity contribution < 1.29 is 9.53 Å². The molecule has 22 heavy (non-hydrogen) atoms. The maximum atomic E-state index is 12.3. The van der Waals surface area contributed by atoms with Gasteiger partial charge in [0.05, 0.1) is 0 Å². The van der Waals surface area contributed by atoms with E-state index in [4.69, 9.17) is 16.3 Å². The lowest BCUT2D eigenvalue weighted by Crippen LogP contribution is -2.31. The van der Waals surface area contributed by atoms with Gasteiger partial charge in [-0.25, -0.2) is 4.79 Å². The van der Waals surface area contributed by atoms with E-state index in [0.717, 1.165) is 24.0 Å². The fourth-order valence-electron chi connectivity index (χ4n) is 2.70. The van der Waals surface area contributed by atoms with E-state index in [-0.39, 0.29) is 6.09 Å². The Bertz CT molecular complexity index is 657. The molecule has 0 N–H and O–H groups in total. The SMILES string of the molecule is O=C(OCc1ccccc1)N1CCCc2ccc(Cl)cc2C1. The van der Waals surface area contributed by atoms with Crippen molar-refractivity contribution in [3.8, 4) is 0 Å². The molecule has 3 rings (SSSR count). The molecular formula is C18H18ClNO2. The Morgan fingerprint density at radius 3 is 2.77 bits per heavy atom. The number of rotatable bonds is 2. The topological polar surface area (TPSA) is 29.5 Å². The Hall–Kier alpha value is -2.00. The Labute approximate surface area is 135 Å². The predicted octanol–water partition coefficient (Wildman–Crippen LogP) is 4.43. The van der Waals surface area contributed by atoms with Gasteiger partial charge < -0.3 is 9.64 Å². The summed E-state index contributed by atoms with van der Waals surface area (Å²) in [6.45, 7) is 1.57. The average Bonchev–Trinajstić information content (AvgIpc) is 2.75. The van der Waals surface area contributed by atoms with Gasteiger partial charge in [-0.1, -0.05) is 48.0 Å². The Morgan fingerprint density at radius 1 is 1.14 bits per heavy atom. The number of carbonyl (C=O) groups is 1. The van der Waals surface area contributed by atoms with Gasteiger partial charge in [-0.15, -0.1) is 0 Å². The molecule has 2 aromatic rings. The third-order valence-electron chi connectivity index (χ3n) is 3.87. The van der Waals surface area contributed by atoms with Crippen molar-refractivity contribution in [1.82, 2.24) is 4.90 Å². The van der Waals surface area contributed by atoms with Crippen molar-refractivity contribution >= 4 is 17.7 Å². The molecule has 3 nitrogen and oxygen atoms in total. The average molecular weight is 316 g/mol. The number of ether oxygens (including phenoxy) is 1. The highest BCUT2D eigenvalue weighted by atomic mass is 35.5. The second-order valence-corrected chi connectivity index (χ2v) is 5.91. The van der Waals surface area contributed by atoms with E-state index in [2.05, 4.69) is 6.07 Å². The molecule has 2 aromatic carbocycles. The van der Waals surface area contributed by atoms with E-state index in [1.54, 1.807) is 4.90 Å². The molecule has 0 saturated carbocycles. The molecule has 0 unspecified atom stereocenters. The van der Waals surface area contributed by atoms with Crippen LogP contribution in [-0.4, -0.2) is 17.5 Å². The number of aryl methyl sites for hydroxylation is 1. The Balaban J connectivity index is 1.65. The van der Waals surface area contributed by atoms with Gasteiger partial charge in [0.1, 0.15) is 6.61 Å². The Morgan fingerprint density at radius 2 is 1.95 bits per heavy atom. The van der Waals surface area contributed by atoms with Gasteiger partial charge >= 0.3 is 6.09 Å². The predicted molar refractivity (Wildman–Crippen MR) is 86.8 cm³/mol. The number of fused-ring (bicyclic) bond motifs is 1. The summed E-state index contributed by atoms with van der Waals surface area (Å²) in [4.78, 5) is 14.0. The van der Waals surface area contributed by atoms with Crippen molar-refractivity contribution in [2.24, 2.45) is 0 Å². The molecule has 0 radical (unpaired) electrons. The Kier molecular flexibility index (Phi) is 4.64. The van der Waals surface area contributed by atoms with Gasteiger partial charge in [0.15, 0.2) is 0 Å². The first-order chi connectivity index (χ1) is 10.7. The highest BCUT2D eigenvalue weighted by Crippen LogP contribution is 2.23.